The number of carbonyl (C=O) groups is 5. The number of rotatable bonds is 7. The van der Waals surface area contributed by atoms with Gasteiger partial charge in [-0.2, -0.15) is 0 Å². The SMILES string of the molecule is CCO[C@H]1C(=O)[C@H](C)C[C@H](C)/C=C/C=C/C=C(\C)[C@@H](OC)C[C@@H]2CC[C@@H](C)[C@@](O)(O2)C(=O)C(=O)N2CCCC[C@H]2C(=O)O[C@H]([C@H](C)C[C@@H]2CC[C@@H](O)[C@H](OC)C2)CC(=O)[C@H](C)/C=C(\C)[C@H]1O. The number of allylic oxidation sites excluding steroid dienone is 6. The summed E-state index contributed by atoms with van der Waals surface area (Å²) < 4.78 is 29.7. The number of piperidine rings is 1. The lowest BCUT2D eigenvalue weighted by atomic mass is 9.78. The average molecular weight is 928 g/mol. The molecule has 0 unspecified atom stereocenters. The molecule has 15 atom stereocenters. The second-order valence-electron chi connectivity index (χ2n) is 19.8. The first kappa shape index (κ1) is 55.2. The third-order valence-electron chi connectivity index (χ3n) is 14.6. The van der Waals surface area contributed by atoms with Crippen molar-refractivity contribution in [3.8, 4) is 0 Å². The average Bonchev–Trinajstić information content (AvgIpc) is 3.29. The van der Waals surface area contributed by atoms with Crippen molar-refractivity contribution in [2.24, 2.45) is 35.5 Å². The number of hydrogen-bond donors (Lipinski definition) is 3. The fraction of sp³-hybridized carbons (Fsp3) is 0.750. The predicted octanol–water partition coefficient (Wildman–Crippen LogP) is 6.57. The summed E-state index contributed by atoms with van der Waals surface area (Å²) in [5.41, 5.74) is 1.28. The molecule has 66 heavy (non-hydrogen) atoms. The van der Waals surface area contributed by atoms with Gasteiger partial charge in [0.1, 0.15) is 30.1 Å². The smallest absolute Gasteiger partial charge is 0.329 e. The van der Waals surface area contributed by atoms with Crippen molar-refractivity contribution in [2.75, 3.05) is 27.4 Å². The summed E-state index contributed by atoms with van der Waals surface area (Å²) in [6.07, 6.45) is 11.2. The zero-order chi connectivity index (χ0) is 48.9. The summed E-state index contributed by atoms with van der Waals surface area (Å²) >= 11 is 0. The van der Waals surface area contributed by atoms with E-state index in [1.165, 1.54) is 4.90 Å². The molecule has 0 spiro atoms. The molecule has 4 rings (SSSR count). The van der Waals surface area contributed by atoms with E-state index >= 15 is 0 Å². The summed E-state index contributed by atoms with van der Waals surface area (Å²) in [7, 11) is 3.15. The topological polar surface area (TPSA) is 195 Å². The molecule has 0 radical (unpaired) electrons. The minimum absolute atomic E-state index is 0.0191. The van der Waals surface area contributed by atoms with E-state index in [2.05, 4.69) is 0 Å². The van der Waals surface area contributed by atoms with Crippen LogP contribution in [0.25, 0.3) is 0 Å². The number of methoxy groups -OCH3 is 2. The first-order valence-electron chi connectivity index (χ1n) is 24.5. The molecule has 3 aliphatic heterocycles. The maximum Gasteiger partial charge on any atom is 0.329 e. The lowest BCUT2D eigenvalue weighted by molar-refractivity contribution is -0.265. The third kappa shape index (κ3) is 14.6. The molecule has 0 aromatic rings. The van der Waals surface area contributed by atoms with Crippen LogP contribution in [0.2, 0.25) is 0 Å². The van der Waals surface area contributed by atoms with Crippen LogP contribution in [0, 0.1) is 35.5 Å². The van der Waals surface area contributed by atoms with Gasteiger partial charge >= 0.3 is 5.97 Å². The number of esters is 1. The highest BCUT2D eigenvalue weighted by Crippen LogP contribution is 2.38. The minimum atomic E-state index is -2.43. The van der Waals surface area contributed by atoms with E-state index in [1.54, 1.807) is 48.0 Å². The Morgan fingerprint density at radius 2 is 1.61 bits per heavy atom. The summed E-state index contributed by atoms with van der Waals surface area (Å²) in [5.74, 6) is -7.94. The zero-order valence-electron chi connectivity index (χ0n) is 41.3. The third-order valence-corrected chi connectivity index (χ3v) is 14.6. The second-order valence-corrected chi connectivity index (χ2v) is 19.8. The molecule has 2 bridgehead atoms. The molecular formula is C52H81NO13. The Morgan fingerprint density at radius 1 is 0.879 bits per heavy atom. The van der Waals surface area contributed by atoms with Gasteiger partial charge < -0.3 is 43.9 Å². The number of amides is 1. The van der Waals surface area contributed by atoms with Crippen molar-refractivity contribution in [1.82, 2.24) is 4.90 Å². The first-order chi connectivity index (χ1) is 31.2. The van der Waals surface area contributed by atoms with Gasteiger partial charge in [-0.3, -0.25) is 19.2 Å². The van der Waals surface area contributed by atoms with E-state index in [0.29, 0.717) is 63.4 Å². The Labute approximate surface area is 393 Å². The van der Waals surface area contributed by atoms with E-state index in [4.69, 9.17) is 23.7 Å². The van der Waals surface area contributed by atoms with Crippen LogP contribution >= 0.6 is 0 Å². The monoisotopic (exact) mass is 928 g/mol. The summed E-state index contributed by atoms with van der Waals surface area (Å²) in [4.78, 5) is 72.1. The van der Waals surface area contributed by atoms with Crippen LogP contribution in [-0.2, 0) is 47.7 Å². The summed E-state index contributed by atoms with van der Waals surface area (Å²) in [6.45, 7) is 14.7. The zero-order valence-corrected chi connectivity index (χ0v) is 41.3. The first-order valence-corrected chi connectivity index (χ1v) is 24.5. The predicted molar refractivity (Wildman–Crippen MR) is 250 cm³/mol. The van der Waals surface area contributed by atoms with Crippen molar-refractivity contribution >= 4 is 29.2 Å². The van der Waals surface area contributed by atoms with Crippen molar-refractivity contribution in [2.45, 2.75) is 187 Å². The number of ether oxygens (including phenoxy) is 5. The molecule has 2 saturated heterocycles. The van der Waals surface area contributed by atoms with Gasteiger partial charge in [0, 0.05) is 58.0 Å². The molecule has 14 heteroatoms. The van der Waals surface area contributed by atoms with Gasteiger partial charge in [-0.1, -0.05) is 71.1 Å². The van der Waals surface area contributed by atoms with Crippen LogP contribution in [0.1, 0.15) is 132 Å². The number of cyclic esters (lactones) is 1. The van der Waals surface area contributed by atoms with E-state index in [1.807, 2.05) is 58.1 Å². The Kier molecular flexibility index (Phi) is 21.6. The second kappa shape index (κ2) is 25.8. The van der Waals surface area contributed by atoms with Crippen LogP contribution in [-0.4, -0.2) is 131 Å². The molecule has 4 aliphatic rings. The molecule has 1 amide bonds. The van der Waals surface area contributed by atoms with E-state index < -0.39 is 83.9 Å². The highest BCUT2D eigenvalue weighted by molar-refractivity contribution is 6.39. The Balaban J connectivity index is 1.71. The normalized spacial score (nSPS) is 40.0. The van der Waals surface area contributed by atoms with Crippen LogP contribution < -0.4 is 0 Å². The number of carbonyl (C=O) groups excluding carboxylic acids is 5. The number of fused-ring (bicyclic) bond motifs is 3. The fourth-order valence-corrected chi connectivity index (χ4v) is 10.2. The van der Waals surface area contributed by atoms with Gasteiger partial charge in [0.05, 0.1) is 24.4 Å². The van der Waals surface area contributed by atoms with Gasteiger partial charge in [-0.25, -0.2) is 4.79 Å². The molecule has 0 aromatic heterocycles. The van der Waals surface area contributed by atoms with Gasteiger partial charge in [0.2, 0.25) is 5.79 Å². The molecule has 372 valence electrons. The number of aliphatic hydroxyl groups is 3. The lowest BCUT2D eigenvalue weighted by Gasteiger charge is -2.42. The van der Waals surface area contributed by atoms with Crippen molar-refractivity contribution < 1.29 is 63.0 Å². The van der Waals surface area contributed by atoms with Crippen molar-refractivity contribution in [3.05, 3.63) is 47.6 Å². The van der Waals surface area contributed by atoms with Crippen LogP contribution in [0.3, 0.4) is 0 Å². The number of ketones is 3. The molecule has 3 heterocycles. The number of nitrogens with zero attached hydrogens (tertiary/aromatic N) is 1. The molecule has 3 N–H and O–H groups in total. The highest BCUT2D eigenvalue weighted by Gasteiger charge is 2.53. The highest BCUT2D eigenvalue weighted by atomic mass is 16.6. The Morgan fingerprint density at radius 3 is 2.29 bits per heavy atom. The largest absolute Gasteiger partial charge is 0.460 e. The van der Waals surface area contributed by atoms with Crippen molar-refractivity contribution in [1.29, 1.82) is 0 Å². The van der Waals surface area contributed by atoms with Crippen LogP contribution in [0.15, 0.2) is 47.6 Å². The molecular weight excluding hydrogens is 847 g/mol. The quantitative estimate of drug-likeness (QED) is 0.141. The fourth-order valence-electron chi connectivity index (χ4n) is 10.2. The van der Waals surface area contributed by atoms with Gasteiger partial charge in [-0.15, -0.1) is 0 Å². The maximum absolute atomic E-state index is 14.4. The molecule has 1 aliphatic carbocycles. The minimum Gasteiger partial charge on any atom is -0.460 e. The van der Waals surface area contributed by atoms with E-state index in [9.17, 15) is 39.3 Å². The van der Waals surface area contributed by atoms with Crippen LogP contribution in [0.4, 0.5) is 0 Å². The number of Topliss-reactive ketones (excluding diaryl/α,β-unsaturated/α-hetero) is 3. The maximum atomic E-state index is 14.4. The number of aliphatic hydroxyl groups excluding tert-OH is 2. The Bertz CT molecular complexity index is 1770. The molecule has 0 aromatic carbocycles. The molecule has 1 saturated carbocycles. The summed E-state index contributed by atoms with van der Waals surface area (Å²) in [5, 5.41) is 34.0. The van der Waals surface area contributed by atoms with E-state index in [-0.39, 0.29) is 61.4 Å². The van der Waals surface area contributed by atoms with Gasteiger partial charge in [0.15, 0.2) is 5.78 Å². The molecule has 14 nitrogen and oxygen atoms in total. The Hall–Kier alpha value is -3.37. The summed E-state index contributed by atoms with van der Waals surface area (Å²) in [6, 6.07) is -1.14. The van der Waals surface area contributed by atoms with Gasteiger partial charge in [-0.05, 0) is 114 Å². The van der Waals surface area contributed by atoms with Gasteiger partial charge in [0.25, 0.3) is 11.7 Å². The van der Waals surface area contributed by atoms with E-state index in [0.717, 1.165) is 12.0 Å². The van der Waals surface area contributed by atoms with Crippen molar-refractivity contribution in [3.63, 3.8) is 0 Å². The van der Waals surface area contributed by atoms with Crippen LogP contribution in [0.5, 0.6) is 0 Å². The lowest BCUT2D eigenvalue weighted by Crippen LogP contribution is -2.61. The standard InChI is InChI=1S/C52H81NO13/c1-11-64-48-46(56)35(6)25-31(2)17-13-12-14-18-32(3)43(62-9)29-39-22-20-37(8)52(61,66-39)49(58)50(59)53-24-16-15-19-40(53)51(60)65-44(30-42(55)33(4)26-36(7)47(48)57)34(5)27-38-21-23-41(54)45(28-38)63-10/h12-14,17-18,26,31,33-35,37-41,43-45,47-48,54,57,61H,11,15-16,19-25,27-30H2,1-10H3/b14-12+,17-13+,32-18+,36-26+/t31-,33-,34-,35-,37-,38+,39+,40+,41-,43+,44+,45-,47-,48+,52-/m1/s1. The number of hydrogen-bond acceptors (Lipinski definition) is 13. The molecule has 3 fully saturated rings.